The van der Waals surface area contributed by atoms with Crippen molar-refractivity contribution in [1.82, 2.24) is 24.3 Å². The van der Waals surface area contributed by atoms with Crippen LogP contribution in [-0.4, -0.2) is 45.6 Å². The zero-order valence-electron chi connectivity index (χ0n) is 19.5. The zero-order chi connectivity index (χ0) is 22.6. The number of hydrogen-bond donors (Lipinski definition) is 0. The molecule has 0 bridgehead atoms. The Hall–Kier alpha value is -2.50. The summed E-state index contributed by atoms with van der Waals surface area (Å²) in [5.74, 6) is 0.537. The number of aromatic nitrogens is 5. The lowest BCUT2D eigenvalue weighted by molar-refractivity contribution is 0.139. The molecule has 1 saturated carbocycles. The highest BCUT2D eigenvalue weighted by molar-refractivity contribution is 6.76. The summed E-state index contributed by atoms with van der Waals surface area (Å²) in [4.78, 5) is 9.11. The third-order valence-corrected chi connectivity index (χ3v) is 8.19. The van der Waals surface area contributed by atoms with Crippen LogP contribution in [-0.2, 0) is 11.3 Å². The standard InChI is InChI=1S/C24H34N6OSi/c1-32(2,3)15-14-31-13-12-29-11-9-21-23(26-18-27-24(21)29)20-16-28-30(17-20)22(8-10-25)19-6-4-5-7-19/h9,11,16-19,22H,4-8,12-15H2,1-3H3. The third-order valence-electron chi connectivity index (χ3n) is 6.49. The normalized spacial score (nSPS) is 15.9. The number of fused-ring (bicyclic) bond motifs is 1. The summed E-state index contributed by atoms with van der Waals surface area (Å²) in [5.41, 5.74) is 2.78. The van der Waals surface area contributed by atoms with Crippen LogP contribution in [0.3, 0.4) is 0 Å². The number of ether oxygens (including phenoxy) is 1. The fourth-order valence-corrected chi connectivity index (χ4v) is 5.37. The maximum Gasteiger partial charge on any atom is 0.144 e. The monoisotopic (exact) mass is 450 g/mol. The van der Waals surface area contributed by atoms with Gasteiger partial charge in [0.15, 0.2) is 0 Å². The molecule has 170 valence electrons. The average molecular weight is 451 g/mol. The van der Waals surface area contributed by atoms with Gasteiger partial charge in [0.25, 0.3) is 0 Å². The van der Waals surface area contributed by atoms with Crippen molar-refractivity contribution in [2.75, 3.05) is 13.2 Å². The molecular formula is C24H34N6OSi. The predicted molar refractivity (Wildman–Crippen MR) is 129 cm³/mol. The highest BCUT2D eigenvalue weighted by atomic mass is 28.3. The Labute approximate surface area is 191 Å². The van der Waals surface area contributed by atoms with Crippen LogP contribution >= 0.6 is 0 Å². The van der Waals surface area contributed by atoms with Crippen LogP contribution in [0.25, 0.3) is 22.3 Å². The Morgan fingerprint density at radius 3 is 2.78 bits per heavy atom. The molecule has 1 fully saturated rings. The van der Waals surface area contributed by atoms with E-state index in [1.165, 1.54) is 31.7 Å². The topological polar surface area (TPSA) is 81.5 Å². The molecule has 7 nitrogen and oxygen atoms in total. The molecule has 1 atom stereocenters. The van der Waals surface area contributed by atoms with Crippen molar-refractivity contribution >= 4 is 19.1 Å². The predicted octanol–water partition coefficient (Wildman–Crippen LogP) is 5.29. The van der Waals surface area contributed by atoms with E-state index in [4.69, 9.17) is 4.74 Å². The summed E-state index contributed by atoms with van der Waals surface area (Å²) < 4.78 is 10.0. The molecule has 1 unspecified atom stereocenters. The van der Waals surface area contributed by atoms with Crippen LogP contribution in [0.5, 0.6) is 0 Å². The van der Waals surface area contributed by atoms with Crippen molar-refractivity contribution < 1.29 is 4.74 Å². The van der Waals surface area contributed by atoms with Crippen LogP contribution in [0.2, 0.25) is 25.7 Å². The molecule has 4 rings (SSSR count). The van der Waals surface area contributed by atoms with E-state index < -0.39 is 8.07 Å². The van der Waals surface area contributed by atoms with E-state index in [-0.39, 0.29) is 6.04 Å². The van der Waals surface area contributed by atoms with Crippen molar-refractivity contribution in [1.29, 1.82) is 5.26 Å². The van der Waals surface area contributed by atoms with Crippen molar-refractivity contribution in [3.8, 4) is 17.3 Å². The highest BCUT2D eigenvalue weighted by Crippen LogP contribution is 2.36. The van der Waals surface area contributed by atoms with Gasteiger partial charge in [-0.2, -0.15) is 10.4 Å². The Balaban J connectivity index is 1.49. The van der Waals surface area contributed by atoms with Crippen LogP contribution < -0.4 is 0 Å². The van der Waals surface area contributed by atoms with E-state index in [1.807, 2.05) is 10.9 Å². The molecule has 0 N–H and O–H groups in total. The highest BCUT2D eigenvalue weighted by Gasteiger charge is 2.27. The van der Waals surface area contributed by atoms with E-state index in [9.17, 15) is 5.26 Å². The minimum atomic E-state index is -1.06. The van der Waals surface area contributed by atoms with Crippen LogP contribution in [0.1, 0.15) is 38.1 Å². The van der Waals surface area contributed by atoms with Gasteiger partial charge in [-0.3, -0.25) is 4.68 Å². The lowest BCUT2D eigenvalue weighted by atomic mass is 9.96. The van der Waals surface area contributed by atoms with Gasteiger partial charge in [-0.15, -0.1) is 0 Å². The number of hydrogen-bond acceptors (Lipinski definition) is 5. The Morgan fingerprint density at radius 2 is 2.03 bits per heavy atom. The van der Waals surface area contributed by atoms with E-state index in [2.05, 4.69) is 63.8 Å². The van der Waals surface area contributed by atoms with Gasteiger partial charge in [-0.05, 0) is 30.9 Å². The van der Waals surface area contributed by atoms with Crippen molar-refractivity contribution in [2.45, 2.75) is 70.4 Å². The summed E-state index contributed by atoms with van der Waals surface area (Å²) in [6.07, 6.45) is 13.0. The molecule has 0 aliphatic heterocycles. The molecule has 1 aliphatic rings. The van der Waals surface area contributed by atoms with Gasteiger partial charge in [0, 0.05) is 44.6 Å². The molecule has 0 radical (unpaired) electrons. The first-order valence-electron chi connectivity index (χ1n) is 11.8. The second-order valence-electron chi connectivity index (χ2n) is 10.1. The molecular weight excluding hydrogens is 416 g/mol. The first-order valence-corrected chi connectivity index (χ1v) is 15.5. The molecule has 0 saturated heterocycles. The quantitative estimate of drug-likeness (QED) is 0.309. The summed E-state index contributed by atoms with van der Waals surface area (Å²) >= 11 is 0. The molecule has 0 aromatic carbocycles. The molecule has 3 aromatic heterocycles. The Morgan fingerprint density at radius 1 is 1.22 bits per heavy atom. The minimum Gasteiger partial charge on any atom is -0.380 e. The van der Waals surface area contributed by atoms with E-state index in [0.29, 0.717) is 18.9 Å². The van der Waals surface area contributed by atoms with Gasteiger partial charge in [-0.25, -0.2) is 9.97 Å². The van der Waals surface area contributed by atoms with Gasteiger partial charge < -0.3 is 9.30 Å². The Kier molecular flexibility index (Phi) is 7.06. The summed E-state index contributed by atoms with van der Waals surface area (Å²) in [6, 6.07) is 5.77. The van der Waals surface area contributed by atoms with Gasteiger partial charge in [0.05, 0.1) is 37.0 Å². The molecule has 1 aliphatic carbocycles. The maximum atomic E-state index is 9.35. The SMILES string of the molecule is C[Si](C)(C)CCOCCn1ccc2c(-c3cnn(C(CC#N)C4CCCC4)c3)ncnc21. The van der Waals surface area contributed by atoms with E-state index in [0.717, 1.165) is 35.4 Å². The first-order chi connectivity index (χ1) is 15.5. The second kappa shape index (κ2) is 9.97. The largest absolute Gasteiger partial charge is 0.380 e. The zero-order valence-corrected chi connectivity index (χ0v) is 20.5. The third kappa shape index (κ3) is 5.27. The summed E-state index contributed by atoms with van der Waals surface area (Å²) in [5, 5.41) is 15.0. The first kappa shape index (κ1) is 22.7. The molecule has 8 heteroatoms. The average Bonchev–Trinajstić information content (AvgIpc) is 3.51. The number of nitrogens with zero attached hydrogens (tertiary/aromatic N) is 6. The maximum absolute atomic E-state index is 9.35. The van der Waals surface area contributed by atoms with E-state index >= 15 is 0 Å². The van der Waals surface area contributed by atoms with Crippen LogP contribution in [0.4, 0.5) is 0 Å². The van der Waals surface area contributed by atoms with Crippen molar-refractivity contribution in [3.05, 3.63) is 31.0 Å². The molecule has 3 heterocycles. The molecule has 3 aromatic rings. The smallest absolute Gasteiger partial charge is 0.144 e. The van der Waals surface area contributed by atoms with Crippen molar-refractivity contribution in [3.63, 3.8) is 0 Å². The fourth-order valence-electron chi connectivity index (χ4n) is 4.61. The van der Waals surface area contributed by atoms with Gasteiger partial charge in [-0.1, -0.05) is 32.5 Å². The van der Waals surface area contributed by atoms with Gasteiger partial charge >= 0.3 is 0 Å². The molecule has 0 spiro atoms. The van der Waals surface area contributed by atoms with Gasteiger partial charge in [0.1, 0.15) is 12.0 Å². The molecule has 0 amide bonds. The van der Waals surface area contributed by atoms with E-state index in [1.54, 1.807) is 6.33 Å². The number of nitriles is 1. The molecule has 32 heavy (non-hydrogen) atoms. The minimum absolute atomic E-state index is 0.145. The Bertz CT molecular complexity index is 1070. The summed E-state index contributed by atoms with van der Waals surface area (Å²) in [6.45, 7) is 9.39. The van der Waals surface area contributed by atoms with Crippen molar-refractivity contribution in [2.24, 2.45) is 5.92 Å². The van der Waals surface area contributed by atoms with Gasteiger partial charge in [0.2, 0.25) is 0 Å². The number of rotatable bonds is 10. The van der Waals surface area contributed by atoms with Crippen LogP contribution in [0, 0.1) is 17.2 Å². The lowest BCUT2D eigenvalue weighted by Crippen LogP contribution is -2.22. The fraction of sp³-hybridized carbons (Fsp3) is 0.583. The second-order valence-corrected chi connectivity index (χ2v) is 15.7. The van der Waals surface area contributed by atoms with Crippen LogP contribution in [0.15, 0.2) is 31.0 Å². The summed E-state index contributed by atoms with van der Waals surface area (Å²) in [7, 11) is -1.06. The lowest BCUT2D eigenvalue weighted by Gasteiger charge is -2.21.